The lowest BCUT2D eigenvalue weighted by Crippen LogP contribution is -2.34. The molecule has 7 nitrogen and oxygen atoms in total. The number of likely N-dealkylation sites (N-methyl/N-ethyl adjacent to an activating group) is 1. The van der Waals surface area contributed by atoms with E-state index in [1.54, 1.807) is 11.4 Å². The van der Waals surface area contributed by atoms with Gasteiger partial charge in [-0.05, 0) is 48.6 Å². The van der Waals surface area contributed by atoms with Crippen LogP contribution in [0, 0.1) is 11.3 Å². The molecule has 9 heteroatoms. The van der Waals surface area contributed by atoms with Crippen molar-refractivity contribution in [2.75, 3.05) is 25.5 Å². The van der Waals surface area contributed by atoms with Gasteiger partial charge in [-0.3, -0.25) is 4.79 Å². The van der Waals surface area contributed by atoms with Gasteiger partial charge in [0, 0.05) is 25.8 Å². The summed E-state index contributed by atoms with van der Waals surface area (Å²) in [5.41, 5.74) is 0.705. The first-order valence-electron chi connectivity index (χ1n) is 8.39. The molecule has 0 radical (unpaired) electrons. The summed E-state index contributed by atoms with van der Waals surface area (Å²) in [7, 11) is -2.12. The van der Waals surface area contributed by atoms with Crippen LogP contribution in [0.3, 0.4) is 0 Å². The number of sulfonamides is 1. The molecule has 0 spiro atoms. The number of carbonyl (C=O) groups is 1. The van der Waals surface area contributed by atoms with E-state index in [4.69, 9.17) is 10.00 Å². The minimum Gasteiger partial charge on any atom is -0.377 e. The van der Waals surface area contributed by atoms with Crippen LogP contribution >= 0.6 is 11.3 Å². The number of nitrogens with zero attached hydrogens (tertiary/aromatic N) is 2. The Kier molecular flexibility index (Phi) is 5.92. The largest absolute Gasteiger partial charge is 0.377 e. The monoisotopic (exact) mass is 405 g/mol. The number of nitriles is 1. The van der Waals surface area contributed by atoms with Crippen molar-refractivity contribution in [3.63, 3.8) is 0 Å². The van der Waals surface area contributed by atoms with E-state index < -0.39 is 15.9 Å². The molecular weight excluding hydrogens is 386 g/mol. The summed E-state index contributed by atoms with van der Waals surface area (Å²) in [5.74, 6) is -0.398. The number of anilines is 1. The Morgan fingerprint density at radius 2 is 2.11 bits per heavy atom. The first-order chi connectivity index (χ1) is 12.9. The summed E-state index contributed by atoms with van der Waals surface area (Å²) in [6.07, 6.45) is 1.72. The van der Waals surface area contributed by atoms with Crippen LogP contribution in [0.2, 0.25) is 0 Å². The summed E-state index contributed by atoms with van der Waals surface area (Å²) in [4.78, 5) is 12.4. The lowest BCUT2D eigenvalue weighted by Gasteiger charge is -2.20. The highest BCUT2D eigenvalue weighted by molar-refractivity contribution is 7.89. The second kappa shape index (κ2) is 8.19. The fourth-order valence-electron chi connectivity index (χ4n) is 2.80. The lowest BCUT2D eigenvalue weighted by atomic mass is 10.2. The molecule has 0 unspecified atom stereocenters. The van der Waals surface area contributed by atoms with Crippen molar-refractivity contribution in [2.24, 2.45) is 0 Å². The Hall–Kier alpha value is -2.25. The van der Waals surface area contributed by atoms with Gasteiger partial charge in [0.25, 0.3) is 5.91 Å². The Balaban J connectivity index is 1.70. The number of thiophene rings is 1. The zero-order chi connectivity index (χ0) is 19.4. The molecule has 1 amide bonds. The molecule has 0 saturated carbocycles. The molecule has 1 aromatic heterocycles. The molecule has 1 saturated heterocycles. The van der Waals surface area contributed by atoms with Crippen molar-refractivity contribution in [1.82, 2.24) is 4.31 Å². The highest BCUT2D eigenvalue weighted by Crippen LogP contribution is 2.23. The SMILES string of the molecule is CN(C[C@H]1CCCO1)S(=O)(=O)c1ccc(C(=O)Nc2sccc2C#N)cc1. The second-order valence-electron chi connectivity index (χ2n) is 6.17. The van der Waals surface area contributed by atoms with Gasteiger partial charge in [0.1, 0.15) is 11.1 Å². The number of hydrogen-bond donors (Lipinski definition) is 1. The molecule has 2 aromatic rings. The summed E-state index contributed by atoms with van der Waals surface area (Å²) < 4.78 is 32.1. The third-order valence-electron chi connectivity index (χ3n) is 4.32. The van der Waals surface area contributed by atoms with E-state index in [1.165, 1.54) is 47.0 Å². The zero-order valence-corrected chi connectivity index (χ0v) is 16.3. The fourth-order valence-corrected chi connectivity index (χ4v) is 4.74. The first-order valence-corrected chi connectivity index (χ1v) is 10.7. The number of amides is 1. The molecule has 1 N–H and O–H groups in total. The van der Waals surface area contributed by atoms with E-state index in [2.05, 4.69) is 5.32 Å². The highest BCUT2D eigenvalue weighted by atomic mass is 32.2. The normalized spacial score (nSPS) is 17.0. The quantitative estimate of drug-likeness (QED) is 0.796. The third-order valence-corrected chi connectivity index (χ3v) is 6.99. The molecule has 1 aliphatic heterocycles. The molecular formula is C18H19N3O4S2. The smallest absolute Gasteiger partial charge is 0.256 e. The maximum absolute atomic E-state index is 12.7. The number of nitrogens with one attached hydrogen (secondary N) is 1. The van der Waals surface area contributed by atoms with Crippen LogP contribution in [0.1, 0.15) is 28.8 Å². The maximum Gasteiger partial charge on any atom is 0.256 e. The Bertz CT molecular complexity index is 955. The minimum atomic E-state index is -3.65. The number of hydrogen-bond acceptors (Lipinski definition) is 6. The fraction of sp³-hybridized carbons (Fsp3) is 0.333. The summed E-state index contributed by atoms with van der Waals surface area (Å²) in [5, 5.41) is 13.8. The van der Waals surface area contributed by atoms with Gasteiger partial charge in [-0.1, -0.05) is 0 Å². The molecule has 1 fully saturated rings. The van der Waals surface area contributed by atoms with Crippen LogP contribution in [0.15, 0.2) is 40.6 Å². The van der Waals surface area contributed by atoms with Gasteiger partial charge >= 0.3 is 0 Å². The third kappa shape index (κ3) is 4.36. The summed E-state index contributed by atoms with van der Waals surface area (Å²) in [6.45, 7) is 0.972. The van der Waals surface area contributed by atoms with Crippen molar-refractivity contribution in [3.8, 4) is 6.07 Å². The van der Waals surface area contributed by atoms with Crippen LogP contribution in [-0.4, -0.2) is 44.9 Å². The van der Waals surface area contributed by atoms with Gasteiger partial charge in [-0.15, -0.1) is 11.3 Å². The van der Waals surface area contributed by atoms with Gasteiger partial charge in [0.2, 0.25) is 10.0 Å². The van der Waals surface area contributed by atoms with Crippen molar-refractivity contribution in [3.05, 3.63) is 46.8 Å². The molecule has 27 heavy (non-hydrogen) atoms. The molecule has 2 heterocycles. The van der Waals surface area contributed by atoms with Gasteiger partial charge in [-0.25, -0.2) is 8.42 Å². The number of carbonyl (C=O) groups excluding carboxylic acids is 1. The van der Waals surface area contributed by atoms with Gasteiger partial charge in [-0.2, -0.15) is 9.57 Å². The molecule has 142 valence electrons. The van der Waals surface area contributed by atoms with E-state index in [-0.39, 0.29) is 11.0 Å². The maximum atomic E-state index is 12.7. The molecule has 1 aliphatic rings. The second-order valence-corrected chi connectivity index (χ2v) is 9.14. The molecule has 0 aliphatic carbocycles. The molecule has 1 atom stereocenters. The molecule has 0 bridgehead atoms. The Morgan fingerprint density at radius 3 is 2.74 bits per heavy atom. The number of ether oxygens (including phenoxy) is 1. The van der Waals surface area contributed by atoms with Crippen LogP contribution in [0.25, 0.3) is 0 Å². The lowest BCUT2D eigenvalue weighted by molar-refractivity contribution is 0.0979. The summed E-state index contributed by atoms with van der Waals surface area (Å²) >= 11 is 1.25. The first kappa shape index (κ1) is 19.5. The van der Waals surface area contributed by atoms with Crippen molar-refractivity contribution in [1.29, 1.82) is 5.26 Å². The van der Waals surface area contributed by atoms with Gasteiger partial charge in [0.05, 0.1) is 16.6 Å². The highest BCUT2D eigenvalue weighted by Gasteiger charge is 2.26. The van der Waals surface area contributed by atoms with Crippen LogP contribution < -0.4 is 5.32 Å². The average Bonchev–Trinajstić information content (AvgIpc) is 3.33. The van der Waals surface area contributed by atoms with E-state index in [0.717, 1.165) is 12.8 Å². The predicted molar refractivity (Wildman–Crippen MR) is 102 cm³/mol. The van der Waals surface area contributed by atoms with E-state index in [1.807, 2.05) is 6.07 Å². The van der Waals surface area contributed by atoms with E-state index in [9.17, 15) is 13.2 Å². The molecule has 1 aromatic carbocycles. The number of rotatable bonds is 6. The van der Waals surface area contributed by atoms with E-state index >= 15 is 0 Å². The summed E-state index contributed by atoms with van der Waals surface area (Å²) in [6, 6.07) is 9.37. The Morgan fingerprint density at radius 1 is 1.37 bits per heavy atom. The van der Waals surface area contributed by atoms with Gasteiger partial charge < -0.3 is 10.1 Å². The van der Waals surface area contributed by atoms with E-state index in [0.29, 0.717) is 29.3 Å². The van der Waals surface area contributed by atoms with Crippen LogP contribution in [0.4, 0.5) is 5.00 Å². The Labute approximate surface area is 162 Å². The van der Waals surface area contributed by atoms with Crippen molar-refractivity contribution >= 4 is 32.3 Å². The van der Waals surface area contributed by atoms with Crippen molar-refractivity contribution in [2.45, 2.75) is 23.8 Å². The standard InChI is InChI=1S/C18H19N3O4S2/c1-21(12-15-3-2-9-25-15)27(23,24)16-6-4-13(5-7-16)17(22)20-18-14(11-19)8-10-26-18/h4-8,10,15H,2-3,9,12H2,1H3,(H,20,22)/t15-/m1/s1. The average molecular weight is 406 g/mol. The minimum absolute atomic E-state index is 0.0741. The van der Waals surface area contributed by atoms with Crippen LogP contribution in [0.5, 0.6) is 0 Å². The topological polar surface area (TPSA) is 99.5 Å². The predicted octanol–water partition coefficient (Wildman–Crippen LogP) is 2.67. The van der Waals surface area contributed by atoms with Gasteiger partial charge in [0.15, 0.2) is 0 Å². The van der Waals surface area contributed by atoms with Crippen molar-refractivity contribution < 1.29 is 17.9 Å². The molecule has 3 rings (SSSR count). The number of benzene rings is 1. The van der Waals surface area contributed by atoms with Crippen LogP contribution in [-0.2, 0) is 14.8 Å². The zero-order valence-electron chi connectivity index (χ0n) is 14.7.